The molecule has 3 aromatic rings. The van der Waals surface area contributed by atoms with Crippen LogP contribution in [0.1, 0.15) is 27.4 Å². The zero-order chi connectivity index (χ0) is 21.7. The zero-order valence-corrected chi connectivity index (χ0v) is 16.4. The number of carbonyl (C=O) groups excluding carboxylic acids is 1. The maximum absolute atomic E-state index is 13.0. The number of alkyl halides is 3. The molecule has 0 unspecified atom stereocenters. The van der Waals surface area contributed by atoms with Crippen LogP contribution in [-0.2, 0) is 19.3 Å². The van der Waals surface area contributed by atoms with Gasteiger partial charge in [0, 0.05) is 23.7 Å². The molecule has 3 rings (SSSR count). The van der Waals surface area contributed by atoms with E-state index in [2.05, 4.69) is 10.5 Å². The van der Waals surface area contributed by atoms with E-state index in [0.717, 1.165) is 6.07 Å². The van der Waals surface area contributed by atoms with Crippen molar-refractivity contribution in [2.75, 3.05) is 7.11 Å². The van der Waals surface area contributed by atoms with Crippen LogP contribution >= 0.6 is 11.6 Å². The summed E-state index contributed by atoms with van der Waals surface area (Å²) in [6.07, 6.45) is -4.51. The molecule has 6 nitrogen and oxygen atoms in total. The molecule has 0 spiro atoms. The number of hydrogen-bond donors (Lipinski definition) is 1. The fraction of sp³-hybridized carbons (Fsp3) is 0.200. The maximum atomic E-state index is 13.0. The summed E-state index contributed by atoms with van der Waals surface area (Å²) in [4.78, 5) is 12.2. The summed E-state index contributed by atoms with van der Waals surface area (Å²) in [7, 11) is 1.46. The highest BCUT2D eigenvalue weighted by Crippen LogP contribution is 2.32. The number of rotatable bonds is 7. The lowest BCUT2D eigenvalue weighted by Gasteiger charge is -2.12. The number of nitrogens with one attached hydrogen (secondary N) is 1. The van der Waals surface area contributed by atoms with E-state index in [-0.39, 0.29) is 30.2 Å². The van der Waals surface area contributed by atoms with Crippen molar-refractivity contribution in [3.8, 4) is 11.5 Å². The standard InChI is InChI=1S/C20H16ClF3N2O4/c1-28-18-8-13(21)6-7-17(18)29-11-14-9-16(26-30-14)19(27)25-10-12-4-2-3-5-15(12)20(22,23)24/h2-9H,10-11H2,1H3,(H,25,27). The number of ether oxygens (including phenoxy) is 2. The van der Waals surface area contributed by atoms with Crippen molar-refractivity contribution in [3.05, 3.63) is 76.1 Å². The molecule has 0 radical (unpaired) electrons. The van der Waals surface area contributed by atoms with E-state index in [4.69, 9.17) is 25.6 Å². The highest BCUT2D eigenvalue weighted by Gasteiger charge is 2.32. The van der Waals surface area contributed by atoms with Crippen LogP contribution in [0, 0.1) is 0 Å². The van der Waals surface area contributed by atoms with Crippen LogP contribution in [0.5, 0.6) is 11.5 Å². The summed E-state index contributed by atoms with van der Waals surface area (Å²) < 4.78 is 54.9. The van der Waals surface area contributed by atoms with Crippen molar-refractivity contribution in [3.63, 3.8) is 0 Å². The number of methoxy groups -OCH3 is 1. The smallest absolute Gasteiger partial charge is 0.416 e. The minimum atomic E-state index is -4.51. The Hall–Kier alpha value is -3.20. The Balaban J connectivity index is 1.61. The lowest BCUT2D eigenvalue weighted by Crippen LogP contribution is -2.24. The molecule has 158 valence electrons. The summed E-state index contributed by atoms with van der Waals surface area (Å²) in [6.45, 7) is -0.357. The molecule has 0 aliphatic carbocycles. The lowest BCUT2D eigenvalue weighted by atomic mass is 10.1. The van der Waals surface area contributed by atoms with Gasteiger partial charge in [0.15, 0.2) is 23.0 Å². The molecule has 1 N–H and O–H groups in total. The average molecular weight is 441 g/mol. The van der Waals surface area contributed by atoms with Crippen LogP contribution in [0.25, 0.3) is 0 Å². The van der Waals surface area contributed by atoms with E-state index in [1.54, 1.807) is 18.2 Å². The van der Waals surface area contributed by atoms with Gasteiger partial charge in [-0.05, 0) is 23.8 Å². The number of amides is 1. The van der Waals surface area contributed by atoms with Crippen LogP contribution in [0.2, 0.25) is 5.02 Å². The van der Waals surface area contributed by atoms with Crippen molar-refractivity contribution < 1.29 is 32.0 Å². The van der Waals surface area contributed by atoms with Crippen molar-refractivity contribution in [1.29, 1.82) is 0 Å². The second-order valence-corrected chi connectivity index (χ2v) is 6.54. The fourth-order valence-corrected chi connectivity index (χ4v) is 2.78. The first-order valence-electron chi connectivity index (χ1n) is 8.63. The Morgan fingerprint density at radius 3 is 2.67 bits per heavy atom. The molecule has 0 aliphatic rings. The first-order valence-corrected chi connectivity index (χ1v) is 9.01. The van der Waals surface area contributed by atoms with Gasteiger partial charge in [0.05, 0.1) is 12.7 Å². The molecule has 0 fully saturated rings. The van der Waals surface area contributed by atoms with E-state index < -0.39 is 17.6 Å². The van der Waals surface area contributed by atoms with E-state index in [9.17, 15) is 18.0 Å². The summed E-state index contributed by atoms with van der Waals surface area (Å²) in [5.41, 5.74) is -0.946. The fourth-order valence-electron chi connectivity index (χ4n) is 2.61. The molecular weight excluding hydrogens is 425 g/mol. The van der Waals surface area contributed by atoms with Crippen LogP contribution in [0.4, 0.5) is 13.2 Å². The number of carbonyl (C=O) groups is 1. The normalized spacial score (nSPS) is 11.2. The predicted molar refractivity (Wildman–Crippen MR) is 101 cm³/mol. The van der Waals surface area contributed by atoms with Crippen LogP contribution in [-0.4, -0.2) is 18.2 Å². The minimum absolute atomic E-state index is 0.0464. The molecular formula is C20H16ClF3N2O4. The topological polar surface area (TPSA) is 73.6 Å². The molecule has 2 aromatic carbocycles. The van der Waals surface area contributed by atoms with Crippen molar-refractivity contribution in [2.45, 2.75) is 19.3 Å². The van der Waals surface area contributed by atoms with Gasteiger partial charge in [-0.25, -0.2) is 0 Å². The van der Waals surface area contributed by atoms with Crippen molar-refractivity contribution in [2.24, 2.45) is 0 Å². The summed E-state index contributed by atoms with van der Waals surface area (Å²) >= 11 is 5.89. The van der Waals surface area contributed by atoms with Crippen molar-refractivity contribution in [1.82, 2.24) is 10.5 Å². The third kappa shape index (κ3) is 5.24. The van der Waals surface area contributed by atoms with Gasteiger partial charge in [0.1, 0.15) is 6.61 Å². The third-order valence-corrected chi connectivity index (χ3v) is 4.28. The first kappa shape index (κ1) is 21.5. The van der Waals surface area contributed by atoms with E-state index >= 15 is 0 Å². The molecule has 0 saturated carbocycles. The molecule has 1 aromatic heterocycles. The Kier molecular flexibility index (Phi) is 6.51. The van der Waals surface area contributed by atoms with E-state index in [0.29, 0.717) is 16.5 Å². The van der Waals surface area contributed by atoms with Gasteiger partial charge < -0.3 is 19.3 Å². The zero-order valence-electron chi connectivity index (χ0n) is 15.6. The van der Waals surface area contributed by atoms with Crippen LogP contribution in [0.15, 0.2) is 53.1 Å². The molecule has 1 heterocycles. The molecule has 1 amide bonds. The first-order chi connectivity index (χ1) is 14.3. The van der Waals surface area contributed by atoms with E-state index in [1.807, 2.05) is 0 Å². The Labute approximate surface area is 174 Å². The molecule has 0 saturated heterocycles. The third-order valence-electron chi connectivity index (χ3n) is 4.05. The van der Waals surface area contributed by atoms with Crippen LogP contribution < -0.4 is 14.8 Å². The quantitative estimate of drug-likeness (QED) is 0.567. The monoisotopic (exact) mass is 440 g/mol. The van der Waals surface area contributed by atoms with Gasteiger partial charge in [0.2, 0.25) is 0 Å². The summed E-state index contributed by atoms with van der Waals surface area (Å²) in [5, 5.41) is 6.51. The average Bonchev–Trinajstić information content (AvgIpc) is 3.19. The Bertz CT molecular complexity index is 1040. The lowest BCUT2D eigenvalue weighted by molar-refractivity contribution is -0.138. The van der Waals surface area contributed by atoms with E-state index in [1.165, 1.54) is 31.4 Å². The number of aromatic nitrogens is 1. The van der Waals surface area contributed by atoms with Crippen LogP contribution in [0.3, 0.4) is 0 Å². The van der Waals surface area contributed by atoms with Gasteiger partial charge in [-0.3, -0.25) is 4.79 Å². The maximum Gasteiger partial charge on any atom is 0.416 e. The summed E-state index contributed by atoms with van der Waals surface area (Å²) in [6, 6.07) is 11.2. The second kappa shape index (κ2) is 9.08. The Morgan fingerprint density at radius 1 is 1.17 bits per heavy atom. The molecule has 0 aliphatic heterocycles. The summed E-state index contributed by atoms with van der Waals surface area (Å²) in [5.74, 6) is 0.398. The number of halogens is 4. The Morgan fingerprint density at radius 2 is 1.93 bits per heavy atom. The number of benzene rings is 2. The van der Waals surface area contributed by atoms with Gasteiger partial charge >= 0.3 is 6.18 Å². The van der Waals surface area contributed by atoms with Crippen molar-refractivity contribution >= 4 is 17.5 Å². The molecule has 0 bridgehead atoms. The second-order valence-electron chi connectivity index (χ2n) is 6.10. The van der Waals surface area contributed by atoms with Gasteiger partial charge in [0.25, 0.3) is 5.91 Å². The van der Waals surface area contributed by atoms with Gasteiger partial charge in [-0.2, -0.15) is 13.2 Å². The minimum Gasteiger partial charge on any atom is -0.493 e. The highest BCUT2D eigenvalue weighted by atomic mass is 35.5. The van der Waals surface area contributed by atoms with Gasteiger partial charge in [-0.15, -0.1) is 0 Å². The number of nitrogens with zero attached hydrogens (tertiary/aromatic N) is 1. The predicted octanol–water partition coefficient (Wildman–Crippen LogP) is 4.86. The molecule has 10 heteroatoms. The highest BCUT2D eigenvalue weighted by molar-refractivity contribution is 6.30. The van der Waals surface area contributed by atoms with Gasteiger partial charge in [-0.1, -0.05) is 35.0 Å². The largest absolute Gasteiger partial charge is 0.493 e. The molecule has 0 atom stereocenters. The number of hydrogen-bond acceptors (Lipinski definition) is 5. The molecule has 30 heavy (non-hydrogen) atoms. The SMILES string of the molecule is COc1cc(Cl)ccc1OCc1cc(C(=O)NCc2ccccc2C(F)(F)F)no1.